The fourth-order valence-electron chi connectivity index (χ4n) is 3.29. The van der Waals surface area contributed by atoms with Crippen molar-refractivity contribution in [2.24, 2.45) is 5.92 Å². The second kappa shape index (κ2) is 6.57. The van der Waals surface area contributed by atoms with Crippen LogP contribution in [0.3, 0.4) is 0 Å². The summed E-state index contributed by atoms with van der Waals surface area (Å²) in [6, 6.07) is 7.07. The molecule has 1 fully saturated rings. The van der Waals surface area contributed by atoms with Crippen molar-refractivity contribution in [1.29, 1.82) is 0 Å². The zero-order valence-corrected chi connectivity index (χ0v) is 13.3. The summed E-state index contributed by atoms with van der Waals surface area (Å²) in [6.45, 7) is 7.56. The van der Waals surface area contributed by atoms with Crippen LogP contribution in [0, 0.1) is 25.6 Å². The lowest BCUT2D eigenvalue weighted by Crippen LogP contribution is -2.37. The van der Waals surface area contributed by atoms with E-state index < -0.39 is 0 Å². The Morgan fingerprint density at radius 1 is 1.27 bits per heavy atom. The van der Waals surface area contributed by atoms with Crippen LogP contribution < -0.4 is 0 Å². The molecule has 4 nitrogen and oxygen atoms in total. The molecule has 0 saturated carbocycles. The Hall–Kier alpha value is -1.75. The molecule has 1 aromatic heterocycles. The van der Waals surface area contributed by atoms with E-state index >= 15 is 0 Å². The maximum atomic E-state index is 13.8. The van der Waals surface area contributed by atoms with Gasteiger partial charge in [0.1, 0.15) is 17.5 Å². The number of halogens is 1. The van der Waals surface area contributed by atoms with Crippen LogP contribution in [0.5, 0.6) is 0 Å². The van der Waals surface area contributed by atoms with Crippen LogP contribution in [-0.4, -0.2) is 32.8 Å². The SMILES string of the molecule is Cc1nc(C)n(CC2CCCN(Cc3ccccc3F)C2)n1. The quantitative estimate of drug-likeness (QED) is 0.871. The number of hydrogen-bond donors (Lipinski definition) is 0. The lowest BCUT2D eigenvalue weighted by Gasteiger charge is -2.32. The maximum Gasteiger partial charge on any atom is 0.147 e. The number of piperidine rings is 1. The summed E-state index contributed by atoms with van der Waals surface area (Å²) in [4.78, 5) is 6.72. The molecule has 118 valence electrons. The molecular formula is C17H23FN4. The highest BCUT2D eigenvalue weighted by molar-refractivity contribution is 5.17. The third kappa shape index (κ3) is 3.53. The minimum Gasteiger partial charge on any atom is -0.299 e. The minimum atomic E-state index is -0.104. The second-order valence-electron chi connectivity index (χ2n) is 6.22. The van der Waals surface area contributed by atoms with Gasteiger partial charge < -0.3 is 0 Å². The molecule has 22 heavy (non-hydrogen) atoms. The molecule has 1 aliphatic heterocycles. The fourth-order valence-corrected chi connectivity index (χ4v) is 3.29. The smallest absolute Gasteiger partial charge is 0.147 e. The van der Waals surface area contributed by atoms with E-state index in [1.165, 1.54) is 12.5 Å². The van der Waals surface area contributed by atoms with Gasteiger partial charge >= 0.3 is 0 Å². The van der Waals surface area contributed by atoms with Crippen molar-refractivity contribution in [3.05, 3.63) is 47.3 Å². The van der Waals surface area contributed by atoms with Gasteiger partial charge in [-0.25, -0.2) is 14.1 Å². The zero-order valence-electron chi connectivity index (χ0n) is 13.3. The molecule has 1 atom stereocenters. The van der Waals surface area contributed by atoms with E-state index in [1.54, 1.807) is 6.07 Å². The normalized spacial score (nSPS) is 19.5. The number of nitrogens with zero attached hydrogens (tertiary/aromatic N) is 4. The molecule has 3 rings (SSSR count). The molecule has 0 bridgehead atoms. The Labute approximate surface area is 131 Å². The fraction of sp³-hybridized carbons (Fsp3) is 0.529. The van der Waals surface area contributed by atoms with Crippen molar-refractivity contribution in [3.63, 3.8) is 0 Å². The first-order valence-electron chi connectivity index (χ1n) is 7.95. The van der Waals surface area contributed by atoms with Crippen molar-refractivity contribution in [2.45, 2.75) is 39.8 Å². The summed E-state index contributed by atoms with van der Waals surface area (Å²) in [5.74, 6) is 2.26. The van der Waals surface area contributed by atoms with E-state index in [4.69, 9.17) is 0 Å². The molecule has 2 aromatic rings. The van der Waals surface area contributed by atoms with Crippen LogP contribution in [0.4, 0.5) is 4.39 Å². The average Bonchev–Trinajstić information content (AvgIpc) is 2.80. The summed E-state index contributed by atoms with van der Waals surface area (Å²) in [5.41, 5.74) is 0.788. The molecular weight excluding hydrogens is 279 g/mol. The largest absolute Gasteiger partial charge is 0.299 e. The first kappa shape index (κ1) is 15.2. The number of aromatic nitrogens is 3. The van der Waals surface area contributed by atoms with Gasteiger partial charge in [0.05, 0.1) is 0 Å². The van der Waals surface area contributed by atoms with Gasteiger partial charge in [-0.15, -0.1) is 0 Å². The lowest BCUT2D eigenvalue weighted by atomic mass is 9.97. The third-order valence-corrected chi connectivity index (χ3v) is 4.35. The summed E-state index contributed by atoms with van der Waals surface area (Å²) < 4.78 is 15.8. The first-order chi connectivity index (χ1) is 10.6. The van der Waals surface area contributed by atoms with Gasteiger partial charge in [0.2, 0.25) is 0 Å². The van der Waals surface area contributed by atoms with Gasteiger partial charge in [-0.2, -0.15) is 5.10 Å². The molecule has 1 aromatic carbocycles. The van der Waals surface area contributed by atoms with Gasteiger partial charge in [0, 0.05) is 25.2 Å². The molecule has 0 N–H and O–H groups in total. The second-order valence-corrected chi connectivity index (χ2v) is 6.22. The Bertz CT molecular complexity index is 637. The van der Waals surface area contributed by atoms with E-state index in [1.807, 2.05) is 30.7 Å². The molecule has 1 saturated heterocycles. The summed E-state index contributed by atoms with van der Waals surface area (Å²) in [5, 5.41) is 4.45. The number of rotatable bonds is 4. The highest BCUT2D eigenvalue weighted by atomic mass is 19.1. The average molecular weight is 302 g/mol. The molecule has 1 unspecified atom stereocenters. The molecule has 0 aliphatic carbocycles. The van der Waals surface area contributed by atoms with E-state index in [-0.39, 0.29) is 5.82 Å². The number of benzene rings is 1. The Balaban J connectivity index is 1.62. The van der Waals surface area contributed by atoms with Crippen molar-refractivity contribution in [1.82, 2.24) is 19.7 Å². The zero-order chi connectivity index (χ0) is 15.5. The van der Waals surface area contributed by atoms with Crippen molar-refractivity contribution < 1.29 is 4.39 Å². The van der Waals surface area contributed by atoms with Crippen molar-refractivity contribution in [2.75, 3.05) is 13.1 Å². The Morgan fingerprint density at radius 2 is 2.09 bits per heavy atom. The Morgan fingerprint density at radius 3 is 2.82 bits per heavy atom. The molecule has 2 heterocycles. The van der Waals surface area contributed by atoms with Crippen LogP contribution in [0.1, 0.15) is 30.1 Å². The van der Waals surface area contributed by atoms with Gasteiger partial charge in [-0.05, 0) is 45.2 Å². The molecule has 1 aliphatic rings. The summed E-state index contributed by atoms with van der Waals surface area (Å²) in [7, 11) is 0. The summed E-state index contributed by atoms with van der Waals surface area (Å²) in [6.07, 6.45) is 2.36. The van der Waals surface area contributed by atoms with Gasteiger partial charge in [0.25, 0.3) is 0 Å². The highest BCUT2D eigenvalue weighted by Crippen LogP contribution is 2.21. The first-order valence-corrected chi connectivity index (χ1v) is 7.95. The van der Waals surface area contributed by atoms with Crippen LogP contribution in [-0.2, 0) is 13.1 Å². The van der Waals surface area contributed by atoms with Gasteiger partial charge in [-0.1, -0.05) is 18.2 Å². The van der Waals surface area contributed by atoms with Crippen LogP contribution in [0.15, 0.2) is 24.3 Å². The molecule has 5 heteroatoms. The van der Waals surface area contributed by atoms with Crippen molar-refractivity contribution in [3.8, 4) is 0 Å². The predicted molar refractivity (Wildman–Crippen MR) is 83.9 cm³/mol. The van der Waals surface area contributed by atoms with E-state index in [0.29, 0.717) is 12.5 Å². The Kier molecular flexibility index (Phi) is 4.52. The maximum absolute atomic E-state index is 13.8. The monoisotopic (exact) mass is 302 g/mol. The van der Waals surface area contributed by atoms with Gasteiger partial charge in [0.15, 0.2) is 0 Å². The minimum absolute atomic E-state index is 0.104. The number of hydrogen-bond acceptors (Lipinski definition) is 3. The van der Waals surface area contributed by atoms with E-state index in [2.05, 4.69) is 15.0 Å². The number of aryl methyl sites for hydroxylation is 2. The molecule has 0 radical (unpaired) electrons. The molecule has 0 amide bonds. The van der Waals surface area contributed by atoms with Crippen LogP contribution in [0.2, 0.25) is 0 Å². The molecule has 0 spiro atoms. The lowest BCUT2D eigenvalue weighted by molar-refractivity contribution is 0.151. The van der Waals surface area contributed by atoms with Crippen molar-refractivity contribution >= 4 is 0 Å². The number of likely N-dealkylation sites (tertiary alicyclic amines) is 1. The van der Waals surface area contributed by atoms with E-state index in [9.17, 15) is 4.39 Å². The standard InChI is InChI=1S/C17H23FN4/c1-13-19-14(2)22(20-13)11-15-6-5-9-21(10-15)12-16-7-3-4-8-17(16)18/h3-4,7-8,15H,5-6,9-12H2,1-2H3. The van der Waals surface area contributed by atoms with Crippen LogP contribution >= 0.6 is 0 Å². The highest BCUT2D eigenvalue weighted by Gasteiger charge is 2.22. The third-order valence-electron chi connectivity index (χ3n) is 4.35. The van der Waals surface area contributed by atoms with Crippen LogP contribution in [0.25, 0.3) is 0 Å². The van der Waals surface area contributed by atoms with E-state index in [0.717, 1.165) is 43.3 Å². The topological polar surface area (TPSA) is 34.0 Å². The summed E-state index contributed by atoms with van der Waals surface area (Å²) >= 11 is 0. The predicted octanol–water partition coefficient (Wildman–Crippen LogP) is 2.95. The van der Waals surface area contributed by atoms with Gasteiger partial charge in [-0.3, -0.25) is 4.90 Å².